The molecular weight excluding hydrogens is 312 g/mol. The Bertz CT molecular complexity index is 735. The van der Waals surface area contributed by atoms with E-state index in [2.05, 4.69) is 36.5 Å². The normalized spacial score (nSPS) is 14.0. The molecule has 1 saturated heterocycles. The van der Waals surface area contributed by atoms with E-state index >= 15 is 0 Å². The number of anilines is 1. The number of aryl methyl sites for hydroxylation is 2. The minimum Gasteiger partial charge on any atom is -0.352 e. The predicted molar refractivity (Wildman–Crippen MR) is 99.9 cm³/mol. The average molecular weight is 336 g/mol. The minimum absolute atomic E-state index is 0.0665. The van der Waals surface area contributed by atoms with Crippen molar-refractivity contribution in [2.24, 2.45) is 0 Å². The monoisotopic (exact) mass is 336 g/mol. The summed E-state index contributed by atoms with van der Waals surface area (Å²) in [5.41, 5.74) is 4.06. The summed E-state index contributed by atoms with van der Waals surface area (Å²) in [6, 6.07) is 15.8. The van der Waals surface area contributed by atoms with E-state index in [0.29, 0.717) is 18.5 Å². The zero-order valence-corrected chi connectivity index (χ0v) is 14.6. The summed E-state index contributed by atoms with van der Waals surface area (Å²) < 4.78 is 0. The summed E-state index contributed by atoms with van der Waals surface area (Å²) in [5.74, 6) is 0.0940. The van der Waals surface area contributed by atoms with Gasteiger partial charge in [0, 0.05) is 30.8 Å². The molecule has 3 rings (SSSR count). The van der Waals surface area contributed by atoms with E-state index in [1.807, 2.05) is 12.1 Å². The van der Waals surface area contributed by atoms with Crippen LogP contribution < -0.4 is 10.2 Å². The fourth-order valence-corrected chi connectivity index (χ4v) is 3.07. The first-order chi connectivity index (χ1) is 12.1. The van der Waals surface area contributed by atoms with Crippen LogP contribution in [0.25, 0.3) is 0 Å². The minimum atomic E-state index is -0.0665. The van der Waals surface area contributed by atoms with Gasteiger partial charge in [0.2, 0.25) is 5.91 Å². The Morgan fingerprint density at radius 3 is 2.44 bits per heavy atom. The second kappa shape index (κ2) is 7.97. The Labute approximate surface area is 148 Å². The summed E-state index contributed by atoms with van der Waals surface area (Å²) in [4.78, 5) is 25.7. The molecule has 0 spiro atoms. The standard InChI is InChI=1S/C21H24N2O2/c1-16-6-8-17(9-7-16)4-2-14-22-21(25)18-10-12-19(13-11-18)23-15-3-5-20(23)24/h6-13H,2-5,14-15H2,1H3,(H,22,25). The van der Waals surface area contributed by atoms with Crippen LogP contribution in [0.3, 0.4) is 0 Å². The van der Waals surface area contributed by atoms with Crippen molar-refractivity contribution >= 4 is 17.5 Å². The fraction of sp³-hybridized carbons (Fsp3) is 0.333. The number of carbonyl (C=O) groups is 2. The van der Waals surface area contributed by atoms with Crippen LogP contribution >= 0.6 is 0 Å². The molecule has 0 saturated carbocycles. The van der Waals surface area contributed by atoms with Crippen molar-refractivity contribution in [1.29, 1.82) is 0 Å². The van der Waals surface area contributed by atoms with E-state index < -0.39 is 0 Å². The Morgan fingerprint density at radius 1 is 1.08 bits per heavy atom. The molecule has 2 amide bonds. The topological polar surface area (TPSA) is 49.4 Å². The lowest BCUT2D eigenvalue weighted by Crippen LogP contribution is -2.25. The van der Waals surface area contributed by atoms with Crippen molar-refractivity contribution in [3.05, 3.63) is 65.2 Å². The molecule has 25 heavy (non-hydrogen) atoms. The molecule has 1 heterocycles. The third kappa shape index (κ3) is 4.47. The van der Waals surface area contributed by atoms with Gasteiger partial charge in [0.05, 0.1) is 0 Å². The first kappa shape index (κ1) is 17.2. The van der Waals surface area contributed by atoms with E-state index in [4.69, 9.17) is 0 Å². The highest BCUT2D eigenvalue weighted by Crippen LogP contribution is 2.21. The zero-order valence-electron chi connectivity index (χ0n) is 14.6. The first-order valence-corrected chi connectivity index (χ1v) is 8.88. The van der Waals surface area contributed by atoms with Crippen molar-refractivity contribution in [3.63, 3.8) is 0 Å². The van der Waals surface area contributed by atoms with E-state index in [1.165, 1.54) is 11.1 Å². The van der Waals surface area contributed by atoms with Gasteiger partial charge in [-0.2, -0.15) is 0 Å². The van der Waals surface area contributed by atoms with E-state index in [1.54, 1.807) is 17.0 Å². The smallest absolute Gasteiger partial charge is 0.251 e. The van der Waals surface area contributed by atoms with Crippen LogP contribution in [0.1, 0.15) is 40.7 Å². The summed E-state index contributed by atoms with van der Waals surface area (Å²) >= 11 is 0. The first-order valence-electron chi connectivity index (χ1n) is 8.88. The van der Waals surface area contributed by atoms with Gasteiger partial charge >= 0.3 is 0 Å². The molecule has 4 nitrogen and oxygen atoms in total. The lowest BCUT2D eigenvalue weighted by Gasteiger charge is -2.15. The zero-order chi connectivity index (χ0) is 17.6. The molecule has 4 heteroatoms. The van der Waals surface area contributed by atoms with Gasteiger partial charge in [0.15, 0.2) is 0 Å². The van der Waals surface area contributed by atoms with Gasteiger partial charge < -0.3 is 10.2 Å². The maximum absolute atomic E-state index is 12.2. The second-order valence-corrected chi connectivity index (χ2v) is 6.54. The van der Waals surface area contributed by atoms with Crippen LogP contribution in [0.2, 0.25) is 0 Å². The van der Waals surface area contributed by atoms with Crippen LogP contribution in [0.4, 0.5) is 5.69 Å². The lowest BCUT2D eigenvalue weighted by molar-refractivity contribution is -0.117. The van der Waals surface area contributed by atoms with Crippen molar-refractivity contribution in [2.75, 3.05) is 18.0 Å². The van der Waals surface area contributed by atoms with Crippen LogP contribution in [-0.4, -0.2) is 24.9 Å². The number of rotatable bonds is 6. The third-order valence-electron chi connectivity index (χ3n) is 4.56. The number of nitrogens with zero attached hydrogens (tertiary/aromatic N) is 1. The summed E-state index contributed by atoms with van der Waals surface area (Å²) in [5, 5.41) is 2.96. The molecule has 2 aromatic carbocycles. The molecule has 2 aromatic rings. The Balaban J connectivity index is 1.46. The maximum atomic E-state index is 12.2. The maximum Gasteiger partial charge on any atom is 0.251 e. The van der Waals surface area contributed by atoms with E-state index in [-0.39, 0.29) is 11.8 Å². The number of carbonyl (C=O) groups excluding carboxylic acids is 2. The van der Waals surface area contributed by atoms with Crippen molar-refractivity contribution in [3.8, 4) is 0 Å². The highest BCUT2D eigenvalue weighted by molar-refractivity contribution is 5.97. The number of benzene rings is 2. The van der Waals surface area contributed by atoms with Gasteiger partial charge in [-0.25, -0.2) is 0 Å². The van der Waals surface area contributed by atoms with Crippen LogP contribution in [-0.2, 0) is 11.2 Å². The van der Waals surface area contributed by atoms with Gasteiger partial charge in [-0.15, -0.1) is 0 Å². The van der Waals surface area contributed by atoms with Crippen LogP contribution in [0.15, 0.2) is 48.5 Å². The SMILES string of the molecule is Cc1ccc(CCCNC(=O)c2ccc(N3CCCC3=O)cc2)cc1. The van der Waals surface area contributed by atoms with E-state index in [0.717, 1.165) is 31.5 Å². The highest BCUT2D eigenvalue weighted by atomic mass is 16.2. The number of hydrogen-bond acceptors (Lipinski definition) is 2. The third-order valence-corrected chi connectivity index (χ3v) is 4.56. The molecule has 0 unspecified atom stereocenters. The molecule has 1 aliphatic rings. The molecule has 1 fully saturated rings. The van der Waals surface area contributed by atoms with Crippen molar-refractivity contribution < 1.29 is 9.59 Å². The van der Waals surface area contributed by atoms with E-state index in [9.17, 15) is 9.59 Å². The average Bonchev–Trinajstić information content (AvgIpc) is 3.06. The largest absolute Gasteiger partial charge is 0.352 e. The van der Waals surface area contributed by atoms with Gasteiger partial charge in [-0.1, -0.05) is 29.8 Å². The Hall–Kier alpha value is -2.62. The molecule has 1 aliphatic heterocycles. The highest BCUT2D eigenvalue weighted by Gasteiger charge is 2.21. The number of nitrogens with one attached hydrogen (secondary N) is 1. The predicted octanol–water partition coefficient (Wildman–Crippen LogP) is 3.48. The summed E-state index contributed by atoms with van der Waals surface area (Å²) in [6.07, 6.45) is 3.39. The Morgan fingerprint density at radius 2 is 1.80 bits per heavy atom. The van der Waals surface area contributed by atoms with Crippen molar-refractivity contribution in [1.82, 2.24) is 5.32 Å². The van der Waals surface area contributed by atoms with Gasteiger partial charge in [0.25, 0.3) is 5.91 Å². The van der Waals surface area contributed by atoms with Crippen LogP contribution in [0, 0.1) is 6.92 Å². The second-order valence-electron chi connectivity index (χ2n) is 6.54. The molecule has 0 bridgehead atoms. The van der Waals surface area contributed by atoms with Gasteiger partial charge in [-0.3, -0.25) is 9.59 Å². The van der Waals surface area contributed by atoms with Crippen LogP contribution in [0.5, 0.6) is 0 Å². The quantitative estimate of drug-likeness (QED) is 0.821. The molecule has 0 atom stereocenters. The molecule has 130 valence electrons. The summed E-state index contributed by atoms with van der Waals surface area (Å²) in [6.45, 7) is 3.50. The van der Waals surface area contributed by atoms with Crippen molar-refractivity contribution in [2.45, 2.75) is 32.6 Å². The molecule has 0 radical (unpaired) electrons. The Kier molecular flexibility index (Phi) is 5.49. The number of amides is 2. The summed E-state index contributed by atoms with van der Waals surface area (Å²) in [7, 11) is 0. The lowest BCUT2D eigenvalue weighted by atomic mass is 10.1. The number of hydrogen-bond donors (Lipinski definition) is 1. The molecule has 1 N–H and O–H groups in total. The fourth-order valence-electron chi connectivity index (χ4n) is 3.07. The van der Waals surface area contributed by atoms with Gasteiger partial charge in [-0.05, 0) is 56.0 Å². The van der Waals surface area contributed by atoms with Gasteiger partial charge in [0.1, 0.15) is 0 Å². The molecule has 0 aromatic heterocycles. The molecular formula is C21H24N2O2. The molecule has 0 aliphatic carbocycles.